The van der Waals surface area contributed by atoms with Crippen molar-refractivity contribution < 1.29 is 24.1 Å². The fourth-order valence-corrected chi connectivity index (χ4v) is 5.01. The molecular weight excluding hydrogens is 418 g/mol. The number of allylic oxidation sites excluding steroid dienone is 1. The largest absolute Gasteiger partial charge is 0.459 e. The highest BCUT2D eigenvalue weighted by Gasteiger charge is 2.33. The number of fused-ring (bicyclic) bond motifs is 3. The molecule has 3 aliphatic rings. The quantitative estimate of drug-likeness (QED) is 0.558. The van der Waals surface area contributed by atoms with Gasteiger partial charge in [0.1, 0.15) is 0 Å². The molecule has 174 valence electrons. The van der Waals surface area contributed by atoms with Gasteiger partial charge in [-0.05, 0) is 53.2 Å². The Hall–Kier alpha value is -2.67. The lowest BCUT2D eigenvalue weighted by Gasteiger charge is -2.33. The molecule has 6 nitrogen and oxygen atoms in total. The number of ether oxygens (including phenoxy) is 3. The summed E-state index contributed by atoms with van der Waals surface area (Å²) in [6, 6.07) is 15.0. The van der Waals surface area contributed by atoms with Crippen LogP contribution in [0.2, 0.25) is 0 Å². The number of aliphatic hydroxyl groups excluding tert-OH is 1. The van der Waals surface area contributed by atoms with Crippen LogP contribution in [-0.4, -0.2) is 61.7 Å². The minimum Gasteiger partial charge on any atom is -0.459 e. The average Bonchev–Trinajstić information content (AvgIpc) is 3.25. The minimum absolute atomic E-state index is 0.0332. The maximum atomic E-state index is 13.3. The van der Waals surface area contributed by atoms with Crippen LogP contribution >= 0.6 is 0 Å². The normalized spacial score (nSPS) is 21.7. The minimum atomic E-state index is -0.488. The maximum absolute atomic E-state index is 13.3. The van der Waals surface area contributed by atoms with E-state index in [1.54, 1.807) is 4.90 Å². The third kappa shape index (κ3) is 4.69. The summed E-state index contributed by atoms with van der Waals surface area (Å²) < 4.78 is 17.5. The number of hydrogen-bond donors (Lipinski definition) is 1. The fraction of sp³-hybridized carbons (Fsp3) is 0.444. The number of nitrogens with zero attached hydrogens (tertiary/aromatic N) is 1. The van der Waals surface area contributed by atoms with Crippen LogP contribution in [0, 0.1) is 0 Å². The highest BCUT2D eigenvalue weighted by Crippen LogP contribution is 2.43. The second-order valence-corrected chi connectivity index (χ2v) is 8.83. The highest BCUT2D eigenvalue weighted by molar-refractivity contribution is 5.92. The smallest absolute Gasteiger partial charge is 0.288 e. The number of unbranched alkanes of at least 4 members (excludes halogenated alkanes) is 1. The van der Waals surface area contributed by atoms with Gasteiger partial charge in [-0.3, -0.25) is 4.79 Å². The molecule has 1 saturated heterocycles. The number of carbonyl (C=O) groups is 1. The molecule has 2 heterocycles. The van der Waals surface area contributed by atoms with Crippen molar-refractivity contribution in [3.8, 4) is 11.1 Å². The molecule has 0 spiro atoms. The van der Waals surface area contributed by atoms with Gasteiger partial charge in [0.2, 0.25) is 6.29 Å². The summed E-state index contributed by atoms with van der Waals surface area (Å²) in [6.45, 7) is 2.89. The first kappa shape index (κ1) is 22.1. The van der Waals surface area contributed by atoms with Gasteiger partial charge in [0, 0.05) is 32.0 Å². The summed E-state index contributed by atoms with van der Waals surface area (Å²) in [5.74, 6) is 0.307. The van der Waals surface area contributed by atoms with Crippen molar-refractivity contribution >= 4 is 5.91 Å². The molecule has 0 radical (unpaired) electrons. The number of aliphatic hydroxyl groups is 1. The van der Waals surface area contributed by atoms with E-state index in [-0.39, 0.29) is 18.4 Å². The monoisotopic (exact) mass is 449 g/mol. The summed E-state index contributed by atoms with van der Waals surface area (Å²) in [6.07, 6.45) is 4.51. The standard InChI is InChI=1S/C27H31NO5/c29-12-3-4-13-32-26-18-20(17-25(33-26)27(30)28-10-14-31-15-11-28)22-8-5-9-23-21-7-2-1-6-19(21)16-24(22)23/h1-2,5-9,17,20,26,29H,3-4,10-16,18H2/t20-,26+/m1/s1. The fourth-order valence-electron chi connectivity index (χ4n) is 5.01. The Morgan fingerprint density at radius 3 is 2.73 bits per heavy atom. The zero-order valence-electron chi connectivity index (χ0n) is 18.9. The van der Waals surface area contributed by atoms with Crippen molar-refractivity contribution in [3.63, 3.8) is 0 Å². The van der Waals surface area contributed by atoms with E-state index >= 15 is 0 Å². The lowest BCUT2D eigenvalue weighted by molar-refractivity contribution is -0.155. The van der Waals surface area contributed by atoms with Gasteiger partial charge in [-0.25, -0.2) is 0 Å². The molecule has 2 aromatic carbocycles. The third-order valence-corrected chi connectivity index (χ3v) is 6.71. The van der Waals surface area contributed by atoms with Crippen LogP contribution in [0.3, 0.4) is 0 Å². The SMILES string of the molecule is O=C(C1=C[C@@H](c2cccc3c2Cc2ccccc2-3)C[C@@H](OCCCCO)O1)N1CCOCC1. The van der Waals surface area contributed by atoms with Crippen molar-refractivity contribution in [2.45, 2.75) is 37.9 Å². The van der Waals surface area contributed by atoms with Crippen molar-refractivity contribution in [3.05, 3.63) is 71.0 Å². The number of hydrogen-bond acceptors (Lipinski definition) is 5. The second-order valence-electron chi connectivity index (χ2n) is 8.83. The van der Waals surface area contributed by atoms with E-state index in [0.29, 0.717) is 51.5 Å². The van der Waals surface area contributed by atoms with Gasteiger partial charge in [0.05, 0.1) is 19.8 Å². The van der Waals surface area contributed by atoms with Crippen molar-refractivity contribution in [1.29, 1.82) is 0 Å². The molecule has 33 heavy (non-hydrogen) atoms. The summed E-state index contributed by atoms with van der Waals surface area (Å²) in [5.41, 5.74) is 6.50. The first-order chi connectivity index (χ1) is 16.2. The predicted octanol–water partition coefficient (Wildman–Crippen LogP) is 3.62. The van der Waals surface area contributed by atoms with Crippen LogP contribution in [0.1, 0.15) is 41.9 Å². The van der Waals surface area contributed by atoms with Gasteiger partial charge in [-0.1, -0.05) is 42.5 Å². The van der Waals surface area contributed by atoms with Crippen molar-refractivity contribution in [2.75, 3.05) is 39.5 Å². The van der Waals surface area contributed by atoms with Gasteiger partial charge < -0.3 is 24.2 Å². The van der Waals surface area contributed by atoms with Crippen molar-refractivity contribution in [2.24, 2.45) is 0 Å². The third-order valence-electron chi connectivity index (χ3n) is 6.71. The molecule has 2 atom stereocenters. The molecule has 1 fully saturated rings. The predicted molar refractivity (Wildman–Crippen MR) is 125 cm³/mol. The van der Waals surface area contributed by atoms with E-state index in [0.717, 1.165) is 12.8 Å². The molecule has 2 aromatic rings. The Bertz CT molecular complexity index is 1030. The zero-order valence-corrected chi connectivity index (χ0v) is 18.9. The summed E-state index contributed by atoms with van der Waals surface area (Å²) in [7, 11) is 0. The number of morpholine rings is 1. The Morgan fingerprint density at radius 1 is 1.06 bits per heavy atom. The van der Waals surface area contributed by atoms with Gasteiger partial charge in [-0.2, -0.15) is 0 Å². The van der Waals surface area contributed by atoms with E-state index in [1.807, 2.05) is 6.08 Å². The van der Waals surface area contributed by atoms with E-state index in [2.05, 4.69) is 42.5 Å². The van der Waals surface area contributed by atoms with Crippen molar-refractivity contribution in [1.82, 2.24) is 4.90 Å². The maximum Gasteiger partial charge on any atom is 0.288 e. The number of amides is 1. The number of benzene rings is 2. The molecule has 0 bridgehead atoms. The Balaban J connectivity index is 1.43. The lowest BCUT2D eigenvalue weighted by Crippen LogP contribution is -2.43. The van der Waals surface area contributed by atoms with Gasteiger partial charge in [-0.15, -0.1) is 0 Å². The zero-order chi connectivity index (χ0) is 22.6. The molecular formula is C27H31NO5. The Morgan fingerprint density at radius 2 is 1.88 bits per heavy atom. The van der Waals surface area contributed by atoms with E-state index in [9.17, 15) is 4.79 Å². The molecule has 2 aliphatic heterocycles. The second kappa shape index (κ2) is 10.1. The highest BCUT2D eigenvalue weighted by atomic mass is 16.7. The first-order valence-corrected chi connectivity index (χ1v) is 11.9. The molecule has 0 unspecified atom stereocenters. The van der Waals surface area contributed by atoms with Gasteiger partial charge in [0.25, 0.3) is 5.91 Å². The topological polar surface area (TPSA) is 68.2 Å². The van der Waals surface area contributed by atoms with Crippen LogP contribution in [0.25, 0.3) is 11.1 Å². The molecule has 5 rings (SSSR count). The van der Waals surface area contributed by atoms with E-state index in [4.69, 9.17) is 19.3 Å². The van der Waals surface area contributed by atoms with Crippen LogP contribution in [0.5, 0.6) is 0 Å². The van der Waals surface area contributed by atoms with E-state index < -0.39 is 6.29 Å². The summed E-state index contributed by atoms with van der Waals surface area (Å²) in [4.78, 5) is 15.1. The molecule has 6 heteroatoms. The van der Waals surface area contributed by atoms with Gasteiger partial charge in [0.15, 0.2) is 5.76 Å². The van der Waals surface area contributed by atoms with E-state index in [1.165, 1.54) is 27.8 Å². The molecule has 0 aromatic heterocycles. The van der Waals surface area contributed by atoms with Crippen LogP contribution in [0.4, 0.5) is 0 Å². The van der Waals surface area contributed by atoms with Crippen LogP contribution < -0.4 is 0 Å². The van der Waals surface area contributed by atoms with Gasteiger partial charge >= 0.3 is 0 Å². The Labute approximate surface area is 194 Å². The van der Waals surface area contributed by atoms with Crippen LogP contribution in [0.15, 0.2) is 54.3 Å². The summed E-state index contributed by atoms with van der Waals surface area (Å²) in [5, 5.41) is 9.06. The number of carbonyl (C=O) groups excluding carboxylic acids is 1. The molecule has 1 amide bonds. The number of rotatable bonds is 7. The molecule has 1 N–H and O–H groups in total. The summed E-state index contributed by atoms with van der Waals surface area (Å²) >= 11 is 0. The lowest BCUT2D eigenvalue weighted by atomic mass is 9.87. The Kier molecular flexibility index (Phi) is 6.76. The molecule has 1 aliphatic carbocycles. The average molecular weight is 450 g/mol. The first-order valence-electron chi connectivity index (χ1n) is 11.9. The molecule has 0 saturated carbocycles. The van der Waals surface area contributed by atoms with Crippen LogP contribution in [-0.2, 0) is 25.4 Å².